The molecule has 4 nitrogen and oxygen atoms in total. The molecule has 4 fully saturated rings. The van der Waals surface area contributed by atoms with Crippen LogP contribution in [-0.2, 0) is 14.9 Å². The molecule has 0 radical (unpaired) electrons. The van der Waals surface area contributed by atoms with E-state index in [-0.39, 0.29) is 11.0 Å². The van der Waals surface area contributed by atoms with Crippen LogP contribution < -0.4 is 0 Å². The SMILES string of the molecule is Cc1ccc(C2(C(=O)N3CCCC4(CCN4CC4CCCO4)C3)CC2)cc1. The summed E-state index contributed by atoms with van der Waals surface area (Å²) in [6, 6.07) is 8.64. The van der Waals surface area contributed by atoms with Crippen LogP contribution in [0.3, 0.4) is 0 Å². The fourth-order valence-electron chi connectivity index (χ4n) is 5.58. The van der Waals surface area contributed by atoms with Gasteiger partial charge in [-0.25, -0.2) is 0 Å². The molecule has 0 N–H and O–H groups in total. The van der Waals surface area contributed by atoms with Crippen molar-refractivity contribution in [1.29, 1.82) is 0 Å². The van der Waals surface area contributed by atoms with Crippen molar-refractivity contribution in [3.63, 3.8) is 0 Å². The van der Waals surface area contributed by atoms with Gasteiger partial charge in [-0.15, -0.1) is 0 Å². The number of piperidine rings is 1. The van der Waals surface area contributed by atoms with Crippen LogP contribution in [0.2, 0.25) is 0 Å². The molecule has 3 heterocycles. The van der Waals surface area contributed by atoms with Crippen LogP contribution in [0.25, 0.3) is 0 Å². The van der Waals surface area contributed by atoms with Crippen LogP contribution in [0.4, 0.5) is 0 Å². The number of carbonyl (C=O) groups is 1. The van der Waals surface area contributed by atoms with Gasteiger partial charge in [-0.1, -0.05) is 29.8 Å². The van der Waals surface area contributed by atoms with Crippen LogP contribution in [0.15, 0.2) is 24.3 Å². The molecule has 1 aliphatic carbocycles. The average molecular weight is 369 g/mol. The van der Waals surface area contributed by atoms with E-state index in [1.807, 2.05) is 0 Å². The Kier molecular flexibility index (Phi) is 4.32. The van der Waals surface area contributed by atoms with Gasteiger partial charge in [-0.3, -0.25) is 9.69 Å². The van der Waals surface area contributed by atoms with E-state index < -0.39 is 0 Å². The molecule has 1 amide bonds. The molecule has 2 atom stereocenters. The van der Waals surface area contributed by atoms with Gasteiger partial charge in [0.2, 0.25) is 5.91 Å². The van der Waals surface area contributed by atoms with Crippen molar-refractivity contribution in [1.82, 2.24) is 9.80 Å². The summed E-state index contributed by atoms with van der Waals surface area (Å²) in [6.07, 6.45) is 8.45. The summed E-state index contributed by atoms with van der Waals surface area (Å²) in [7, 11) is 0. The maximum atomic E-state index is 13.5. The molecule has 3 saturated heterocycles. The molecule has 27 heavy (non-hydrogen) atoms. The number of rotatable bonds is 4. The molecule has 5 rings (SSSR count). The van der Waals surface area contributed by atoms with E-state index in [1.165, 1.54) is 43.4 Å². The normalized spacial score (nSPS) is 32.5. The minimum absolute atomic E-state index is 0.225. The first-order chi connectivity index (χ1) is 13.1. The Bertz CT molecular complexity index is 706. The molecule has 2 unspecified atom stereocenters. The number of ether oxygens (including phenoxy) is 1. The van der Waals surface area contributed by atoms with Gasteiger partial charge in [0.15, 0.2) is 0 Å². The number of hydrogen-bond donors (Lipinski definition) is 0. The molecule has 1 spiro atoms. The number of carbonyl (C=O) groups excluding carboxylic acids is 1. The van der Waals surface area contributed by atoms with Crippen LogP contribution in [0.1, 0.15) is 56.1 Å². The Balaban J connectivity index is 1.29. The lowest BCUT2D eigenvalue weighted by Gasteiger charge is -2.58. The van der Waals surface area contributed by atoms with Crippen molar-refractivity contribution in [3.8, 4) is 0 Å². The second-order valence-corrected chi connectivity index (χ2v) is 9.33. The van der Waals surface area contributed by atoms with Crippen LogP contribution in [0.5, 0.6) is 0 Å². The van der Waals surface area contributed by atoms with Crippen LogP contribution in [-0.4, -0.2) is 60.1 Å². The largest absolute Gasteiger partial charge is 0.377 e. The van der Waals surface area contributed by atoms with Gasteiger partial charge in [0.25, 0.3) is 0 Å². The van der Waals surface area contributed by atoms with Gasteiger partial charge in [-0.2, -0.15) is 0 Å². The maximum absolute atomic E-state index is 13.5. The second kappa shape index (κ2) is 6.59. The molecule has 3 aliphatic heterocycles. The first kappa shape index (κ1) is 17.7. The number of benzene rings is 1. The zero-order chi connectivity index (χ0) is 18.5. The lowest BCUT2D eigenvalue weighted by atomic mass is 9.76. The van der Waals surface area contributed by atoms with E-state index in [0.717, 1.165) is 45.5 Å². The summed E-state index contributed by atoms with van der Waals surface area (Å²) in [4.78, 5) is 18.4. The first-order valence-corrected chi connectivity index (χ1v) is 10.8. The van der Waals surface area contributed by atoms with Crippen molar-refractivity contribution >= 4 is 5.91 Å². The van der Waals surface area contributed by atoms with Crippen molar-refractivity contribution < 1.29 is 9.53 Å². The fourth-order valence-corrected chi connectivity index (χ4v) is 5.58. The van der Waals surface area contributed by atoms with Gasteiger partial charge in [0, 0.05) is 38.3 Å². The molecule has 4 aliphatic rings. The predicted molar refractivity (Wildman–Crippen MR) is 106 cm³/mol. The van der Waals surface area contributed by atoms with Gasteiger partial charge >= 0.3 is 0 Å². The highest BCUT2D eigenvalue weighted by molar-refractivity contribution is 5.91. The van der Waals surface area contributed by atoms with Crippen molar-refractivity contribution in [3.05, 3.63) is 35.4 Å². The molecular weight excluding hydrogens is 336 g/mol. The van der Waals surface area contributed by atoms with Gasteiger partial charge in [-0.05, 0) is 57.4 Å². The summed E-state index contributed by atoms with van der Waals surface area (Å²) in [5, 5.41) is 0. The number of aryl methyl sites for hydroxylation is 1. The standard InChI is InChI=1S/C23H32N2O2/c1-18-5-7-19(8-6-18)23(10-11-23)21(26)24-13-3-9-22(17-24)12-14-25(22)16-20-4-2-15-27-20/h5-8,20H,2-4,9-17H2,1H3. The summed E-state index contributed by atoms with van der Waals surface area (Å²) >= 11 is 0. The summed E-state index contributed by atoms with van der Waals surface area (Å²) in [6.45, 7) is 7.12. The third-order valence-electron chi connectivity index (χ3n) is 7.57. The number of likely N-dealkylation sites (tertiary alicyclic amines) is 2. The molecule has 1 aromatic carbocycles. The third kappa shape index (κ3) is 3.01. The molecule has 0 aromatic heterocycles. The van der Waals surface area contributed by atoms with E-state index in [9.17, 15) is 4.79 Å². The predicted octanol–water partition coefficient (Wildman–Crippen LogP) is 3.27. The molecular formula is C23H32N2O2. The molecule has 0 bridgehead atoms. The molecule has 4 heteroatoms. The first-order valence-electron chi connectivity index (χ1n) is 10.8. The van der Waals surface area contributed by atoms with E-state index in [2.05, 4.69) is 41.0 Å². The third-order valence-corrected chi connectivity index (χ3v) is 7.57. The zero-order valence-electron chi connectivity index (χ0n) is 16.6. The Labute approximate surface area is 162 Å². The van der Waals surface area contributed by atoms with Gasteiger partial charge in [0.1, 0.15) is 0 Å². The Hall–Kier alpha value is -1.39. The fraction of sp³-hybridized carbons (Fsp3) is 0.696. The minimum atomic E-state index is -0.227. The van der Waals surface area contributed by atoms with Crippen molar-refractivity contribution in [2.75, 3.05) is 32.8 Å². The van der Waals surface area contributed by atoms with Crippen molar-refractivity contribution in [2.24, 2.45) is 0 Å². The van der Waals surface area contributed by atoms with E-state index in [4.69, 9.17) is 4.74 Å². The monoisotopic (exact) mass is 368 g/mol. The minimum Gasteiger partial charge on any atom is -0.377 e. The highest BCUT2D eigenvalue weighted by atomic mass is 16.5. The number of hydrogen-bond acceptors (Lipinski definition) is 3. The summed E-state index contributed by atoms with van der Waals surface area (Å²) in [5.41, 5.74) is 2.49. The van der Waals surface area contributed by atoms with Crippen molar-refractivity contribution in [2.45, 2.75) is 68.9 Å². The van der Waals surface area contributed by atoms with Crippen LogP contribution in [0, 0.1) is 6.92 Å². The highest BCUT2D eigenvalue weighted by Gasteiger charge is 2.56. The van der Waals surface area contributed by atoms with E-state index in [1.54, 1.807) is 0 Å². The maximum Gasteiger partial charge on any atom is 0.233 e. The highest BCUT2D eigenvalue weighted by Crippen LogP contribution is 2.51. The number of nitrogens with zero attached hydrogens (tertiary/aromatic N) is 2. The quantitative estimate of drug-likeness (QED) is 0.818. The molecule has 1 saturated carbocycles. The summed E-state index contributed by atoms with van der Waals surface area (Å²) in [5.74, 6) is 0.384. The van der Waals surface area contributed by atoms with E-state index >= 15 is 0 Å². The Morgan fingerprint density at radius 3 is 2.56 bits per heavy atom. The van der Waals surface area contributed by atoms with E-state index in [0.29, 0.717) is 12.0 Å². The van der Waals surface area contributed by atoms with Gasteiger partial charge < -0.3 is 9.64 Å². The van der Waals surface area contributed by atoms with Gasteiger partial charge in [0.05, 0.1) is 11.5 Å². The smallest absolute Gasteiger partial charge is 0.233 e. The summed E-state index contributed by atoms with van der Waals surface area (Å²) < 4.78 is 5.88. The Morgan fingerprint density at radius 1 is 1.11 bits per heavy atom. The zero-order valence-corrected chi connectivity index (χ0v) is 16.6. The topological polar surface area (TPSA) is 32.8 Å². The molecule has 1 aromatic rings. The number of amides is 1. The average Bonchev–Trinajstić information content (AvgIpc) is 3.33. The Morgan fingerprint density at radius 2 is 1.93 bits per heavy atom. The lowest BCUT2D eigenvalue weighted by molar-refractivity contribution is -0.144. The second-order valence-electron chi connectivity index (χ2n) is 9.33. The van der Waals surface area contributed by atoms with Crippen LogP contribution >= 0.6 is 0 Å². The lowest BCUT2D eigenvalue weighted by Crippen LogP contribution is -2.68. The molecule has 146 valence electrons.